The van der Waals surface area contributed by atoms with Crippen molar-refractivity contribution in [2.24, 2.45) is 0 Å². The van der Waals surface area contributed by atoms with Crippen molar-refractivity contribution in [3.63, 3.8) is 0 Å². The Balaban J connectivity index is 2.07. The smallest absolute Gasteiger partial charge is 0.0216 e. The Kier molecular flexibility index (Phi) is 1.50. The molecule has 1 N–H and O–H groups in total. The summed E-state index contributed by atoms with van der Waals surface area (Å²) in [6, 6.07) is 2.43. The fourth-order valence-electron chi connectivity index (χ4n) is 3.09. The van der Waals surface area contributed by atoms with Gasteiger partial charge in [-0.05, 0) is 42.7 Å². The monoisotopic (exact) mass is 189 g/mol. The number of nitrogens with one attached hydrogen (secondary N) is 1. The van der Waals surface area contributed by atoms with E-state index >= 15 is 0 Å². The quantitative estimate of drug-likeness (QED) is 0.641. The average molecular weight is 189 g/mol. The average Bonchev–Trinajstić information content (AvgIpc) is 2.74. The number of hydrogen-bond acceptors (Lipinski definition) is 0. The van der Waals surface area contributed by atoms with E-state index in [1.807, 2.05) is 0 Å². The van der Waals surface area contributed by atoms with Gasteiger partial charge < -0.3 is 4.98 Å². The van der Waals surface area contributed by atoms with Crippen molar-refractivity contribution < 1.29 is 0 Å². The Morgan fingerprint density at radius 3 is 2.57 bits per heavy atom. The third-order valence-corrected chi connectivity index (χ3v) is 3.97. The largest absolute Gasteiger partial charge is 0.361 e. The molecule has 1 heterocycles. The van der Waals surface area contributed by atoms with Gasteiger partial charge in [0.15, 0.2) is 0 Å². The van der Waals surface area contributed by atoms with E-state index in [-0.39, 0.29) is 5.41 Å². The highest BCUT2D eigenvalue weighted by molar-refractivity contribution is 5.41. The second-order valence-corrected chi connectivity index (χ2v) is 6.01. The topological polar surface area (TPSA) is 15.8 Å². The fourth-order valence-corrected chi connectivity index (χ4v) is 3.09. The summed E-state index contributed by atoms with van der Waals surface area (Å²) >= 11 is 0. The molecule has 14 heavy (non-hydrogen) atoms. The van der Waals surface area contributed by atoms with Gasteiger partial charge >= 0.3 is 0 Å². The van der Waals surface area contributed by atoms with Crippen molar-refractivity contribution in [1.82, 2.24) is 4.98 Å². The standard InChI is InChI=1S/C13H19N/c1-13(2,3)11-7-10-8-4-5-9(6-8)12(10)14-11/h7-9,14H,4-6H2,1-3H3. The number of H-pyrrole nitrogens is 1. The first-order valence-corrected chi connectivity index (χ1v) is 5.79. The molecule has 0 aliphatic heterocycles. The van der Waals surface area contributed by atoms with Gasteiger partial charge in [-0.3, -0.25) is 0 Å². The van der Waals surface area contributed by atoms with E-state index in [1.54, 1.807) is 11.3 Å². The Morgan fingerprint density at radius 2 is 1.93 bits per heavy atom. The van der Waals surface area contributed by atoms with Crippen LogP contribution >= 0.6 is 0 Å². The highest BCUT2D eigenvalue weighted by atomic mass is 14.8. The Bertz CT molecular complexity index is 340. The van der Waals surface area contributed by atoms with Crippen LogP contribution in [0.15, 0.2) is 6.07 Å². The minimum absolute atomic E-state index is 0.282. The molecule has 1 nitrogen and oxygen atoms in total. The lowest BCUT2D eigenvalue weighted by Crippen LogP contribution is -2.11. The van der Waals surface area contributed by atoms with Crippen molar-refractivity contribution in [2.75, 3.05) is 0 Å². The molecular formula is C13H19N. The van der Waals surface area contributed by atoms with E-state index in [4.69, 9.17) is 0 Å². The number of hydrogen-bond donors (Lipinski definition) is 1. The Labute approximate surface area is 85.9 Å². The van der Waals surface area contributed by atoms with Gasteiger partial charge in [0, 0.05) is 16.8 Å². The summed E-state index contributed by atoms with van der Waals surface area (Å²) in [5.74, 6) is 1.76. The van der Waals surface area contributed by atoms with Crippen LogP contribution in [0.25, 0.3) is 0 Å². The maximum atomic E-state index is 3.66. The van der Waals surface area contributed by atoms with Gasteiger partial charge in [0.25, 0.3) is 0 Å². The highest BCUT2D eigenvalue weighted by Crippen LogP contribution is 2.53. The van der Waals surface area contributed by atoms with Crippen molar-refractivity contribution in [1.29, 1.82) is 0 Å². The minimum atomic E-state index is 0.282. The summed E-state index contributed by atoms with van der Waals surface area (Å²) in [5.41, 5.74) is 4.93. The first kappa shape index (κ1) is 8.58. The molecule has 0 amide bonds. The van der Waals surface area contributed by atoms with Crippen LogP contribution in [0.5, 0.6) is 0 Å². The summed E-state index contributed by atoms with van der Waals surface area (Å²) in [4.78, 5) is 3.66. The summed E-state index contributed by atoms with van der Waals surface area (Å²) in [7, 11) is 0. The highest BCUT2D eigenvalue weighted by Gasteiger charge is 2.39. The van der Waals surface area contributed by atoms with Crippen molar-refractivity contribution in [3.8, 4) is 0 Å². The lowest BCUT2D eigenvalue weighted by atomic mass is 9.91. The molecule has 0 spiro atoms. The summed E-state index contributed by atoms with van der Waals surface area (Å²) in [6.45, 7) is 6.86. The van der Waals surface area contributed by atoms with E-state index in [9.17, 15) is 0 Å². The first-order chi connectivity index (χ1) is 6.55. The van der Waals surface area contributed by atoms with Crippen LogP contribution in [-0.2, 0) is 5.41 Å². The van der Waals surface area contributed by atoms with Crippen LogP contribution in [0.4, 0.5) is 0 Å². The number of aromatic amines is 1. The van der Waals surface area contributed by atoms with E-state index in [2.05, 4.69) is 31.8 Å². The summed E-state index contributed by atoms with van der Waals surface area (Å²) in [5, 5.41) is 0. The Hall–Kier alpha value is -0.720. The van der Waals surface area contributed by atoms with Crippen LogP contribution < -0.4 is 0 Å². The van der Waals surface area contributed by atoms with Gasteiger partial charge in [-0.2, -0.15) is 0 Å². The lowest BCUT2D eigenvalue weighted by molar-refractivity contribution is 0.566. The van der Waals surface area contributed by atoms with Crippen LogP contribution in [0.1, 0.15) is 68.8 Å². The third-order valence-electron chi connectivity index (χ3n) is 3.97. The molecule has 2 aliphatic rings. The van der Waals surface area contributed by atoms with Crippen LogP contribution in [-0.4, -0.2) is 4.98 Å². The molecule has 0 radical (unpaired) electrons. The first-order valence-electron chi connectivity index (χ1n) is 5.79. The van der Waals surface area contributed by atoms with Gasteiger partial charge in [0.2, 0.25) is 0 Å². The van der Waals surface area contributed by atoms with Crippen LogP contribution in [0, 0.1) is 0 Å². The molecule has 0 saturated heterocycles. The van der Waals surface area contributed by atoms with Crippen LogP contribution in [0.3, 0.4) is 0 Å². The van der Waals surface area contributed by atoms with E-state index in [0.717, 1.165) is 11.8 Å². The second kappa shape index (κ2) is 2.44. The zero-order chi connectivity index (χ0) is 9.92. The normalized spacial score (nSPS) is 29.6. The molecule has 1 aromatic heterocycles. The molecule has 0 aromatic carbocycles. The predicted molar refractivity (Wildman–Crippen MR) is 58.8 cm³/mol. The molecular weight excluding hydrogens is 170 g/mol. The maximum absolute atomic E-state index is 3.66. The maximum Gasteiger partial charge on any atom is 0.0216 e. The number of aromatic nitrogens is 1. The molecule has 1 saturated carbocycles. The zero-order valence-electron chi connectivity index (χ0n) is 9.35. The lowest BCUT2D eigenvalue weighted by Gasteiger charge is -2.16. The molecule has 76 valence electrons. The SMILES string of the molecule is CC(C)(C)c1cc2c([nH]1)C1CCC2C1. The molecule has 1 aromatic rings. The predicted octanol–water partition coefficient (Wildman–Crippen LogP) is 3.68. The van der Waals surface area contributed by atoms with Gasteiger partial charge in [0.1, 0.15) is 0 Å². The fraction of sp³-hybridized carbons (Fsp3) is 0.692. The van der Waals surface area contributed by atoms with Gasteiger partial charge in [-0.15, -0.1) is 0 Å². The van der Waals surface area contributed by atoms with Crippen molar-refractivity contribution >= 4 is 0 Å². The minimum Gasteiger partial charge on any atom is -0.361 e. The van der Waals surface area contributed by atoms with Gasteiger partial charge in [-0.25, -0.2) is 0 Å². The molecule has 3 rings (SSSR count). The van der Waals surface area contributed by atoms with E-state index in [1.165, 1.54) is 25.0 Å². The molecule has 2 aliphatic carbocycles. The molecule has 2 atom stereocenters. The molecule has 1 heteroatoms. The second-order valence-electron chi connectivity index (χ2n) is 6.01. The van der Waals surface area contributed by atoms with E-state index in [0.29, 0.717) is 0 Å². The summed E-state index contributed by atoms with van der Waals surface area (Å²) < 4.78 is 0. The molecule has 2 bridgehead atoms. The number of rotatable bonds is 0. The molecule has 1 fully saturated rings. The van der Waals surface area contributed by atoms with Gasteiger partial charge in [-0.1, -0.05) is 20.8 Å². The van der Waals surface area contributed by atoms with Gasteiger partial charge in [0.05, 0.1) is 0 Å². The number of fused-ring (bicyclic) bond motifs is 5. The Morgan fingerprint density at radius 1 is 1.21 bits per heavy atom. The van der Waals surface area contributed by atoms with E-state index < -0.39 is 0 Å². The van der Waals surface area contributed by atoms with Crippen LogP contribution in [0.2, 0.25) is 0 Å². The van der Waals surface area contributed by atoms with Crippen molar-refractivity contribution in [2.45, 2.75) is 57.3 Å². The molecule has 2 unspecified atom stereocenters. The van der Waals surface area contributed by atoms with Crippen molar-refractivity contribution in [3.05, 3.63) is 23.0 Å². The zero-order valence-corrected chi connectivity index (χ0v) is 9.35. The summed E-state index contributed by atoms with van der Waals surface area (Å²) in [6.07, 6.45) is 4.27. The third kappa shape index (κ3) is 1.01.